The van der Waals surface area contributed by atoms with Gasteiger partial charge in [-0.2, -0.15) is 0 Å². The second kappa shape index (κ2) is 3.97. The van der Waals surface area contributed by atoms with Crippen molar-refractivity contribution < 1.29 is 9.09 Å². The van der Waals surface area contributed by atoms with Crippen LogP contribution in [-0.4, -0.2) is 6.10 Å². The fraction of sp³-hybridized carbons (Fsp3) is 1.00. The SMILES string of the molecule is O=POC1CCCCC1. The molecule has 0 N–H and O–H groups in total. The molecule has 0 aromatic carbocycles. The van der Waals surface area contributed by atoms with E-state index in [4.69, 9.17) is 4.52 Å². The standard InChI is InChI=1S/C6H11O2P/c7-9-8-6-4-2-1-3-5-6/h6H,1-5H2. The van der Waals surface area contributed by atoms with Gasteiger partial charge in [-0.3, -0.25) is 4.52 Å². The summed E-state index contributed by atoms with van der Waals surface area (Å²) in [6.45, 7) is 0. The maximum absolute atomic E-state index is 9.95. The first kappa shape index (κ1) is 7.17. The van der Waals surface area contributed by atoms with Crippen LogP contribution in [0.25, 0.3) is 0 Å². The number of hydrogen-bond acceptors (Lipinski definition) is 2. The summed E-state index contributed by atoms with van der Waals surface area (Å²) in [6, 6.07) is 0. The van der Waals surface area contributed by atoms with E-state index in [1.165, 1.54) is 19.3 Å². The average molecular weight is 146 g/mol. The molecule has 0 saturated heterocycles. The van der Waals surface area contributed by atoms with Crippen LogP contribution < -0.4 is 0 Å². The smallest absolute Gasteiger partial charge is 0.291 e. The second-order valence-electron chi connectivity index (χ2n) is 2.44. The van der Waals surface area contributed by atoms with Crippen molar-refractivity contribution in [2.75, 3.05) is 0 Å². The molecule has 1 saturated carbocycles. The Labute approximate surface area is 56.9 Å². The van der Waals surface area contributed by atoms with E-state index in [1.54, 1.807) is 0 Å². The van der Waals surface area contributed by atoms with Gasteiger partial charge < -0.3 is 0 Å². The maximum Gasteiger partial charge on any atom is 0.327 e. The summed E-state index contributed by atoms with van der Waals surface area (Å²) >= 11 is 0. The fourth-order valence-corrected chi connectivity index (χ4v) is 1.56. The Morgan fingerprint density at radius 1 is 1.22 bits per heavy atom. The summed E-state index contributed by atoms with van der Waals surface area (Å²) in [7, 11) is -0.152. The van der Waals surface area contributed by atoms with E-state index in [0.717, 1.165) is 12.8 Å². The molecule has 1 rings (SSSR count). The first-order valence-electron chi connectivity index (χ1n) is 3.42. The topological polar surface area (TPSA) is 26.3 Å². The van der Waals surface area contributed by atoms with E-state index < -0.39 is 0 Å². The van der Waals surface area contributed by atoms with Gasteiger partial charge in [0.1, 0.15) is 0 Å². The lowest BCUT2D eigenvalue weighted by Crippen LogP contribution is -2.11. The van der Waals surface area contributed by atoms with Gasteiger partial charge in [-0.25, -0.2) is 4.57 Å². The van der Waals surface area contributed by atoms with Gasteiger partial charge in [0, 0.05) is 0 Å². The molecule has 0 spiro atoms. The van der Waals surface area contributed by atoms with Crippen LogP contribution in [0.2, 0.25) is 0 Å². The van der Waals surface area contributed by atoms with E-state index in [0.29, 0.717) is 0 Å². The van der Waals surface area contributed by atoms with Gasteiger partial charge in [-0.1, -0.05) is 19.3 Å². The highest BCUT2D eigenvalue weighted by molar-refractivity contribution is 7.17. The third-order valence-electron chi connectivity index (χ3n) is 1.74. The predicted molar refractivity (Wildman–Crippen MR) is 35.6 cm³/mol. The van der Waals surface area contributed by atoms with Gasteiger partial charge >= 0.3 is 8.69 Å². The monoisotopic (exact) mass is 146 g/mol. The van der Waals surface area contributed by atoms with Crippen LogP contribution in [0.4, 0.5) is 0 Å². The minimum Gasteiger partial charge on any atom is -0.291 e. The van der Waals surface area contributed by atoms with Crippen LogP contribution in [0, 0.1) is 0 Å². The molecule has 0 unspecified atom stereocenters. The molecule has 52 valence electrons. The Kier molecular flexibility index (Phi) is 3.16. The second-order valence-corrected chi connectivity index (χ2v) is 2.80. The summed E-state index contributed by atoms with van der Waals surface area (Å²) < 4.78 is 14.8. The third-order valence-corrected chi connectivity index (χ3v) is 2.13. The van der Waals surface area contributed by atoms with Crippen molar-refractivity contribution in [3.8, 4) is 0 Å². The lowest BCUT2D eigenvalue weighted by molar-refractivity contribution is 0.172. The molecule has 2 nitrogen and oxygen atoms in total. The number of hydrogen-bond donors (Lipinski definition) is 0. The molecule has 0 bridgehead atoms. The summed E-state index contributed by atoms with van der Waals surface area (Å²) in [4.78, 5) is 0. The molecule has 0 atom stereocenters. The van der Waals surface area contributed by atoms with Crippen LogP contribution in [0.1, 0.15) is 32.1 Å². The normalized spacial score (nSPS) is 22.7. The zero-order chi connectivity index (χ0) is 6.53. The zero-order valence-corrected chi connectivity index (χ0v) is 6.27. The highest BCUT2D eigenvalue weighted by atomic mass is 31.1. The summed E-state index contributed by atoms with van der Waals surface area (Å²) in [6.07, 6.45) is 6.25. The van der Waals surface area contributed by atoms with Gasteiger partial charge in [0.15, 0.2) is 0 Å². The molecule has 0 aromatic heterocycles. The molecule has 0 radical (unpaired) electrons. The van der Waals surface area contributed by atoms with E-state index >= 15 is 0 Å². The zero-order valence-electron chi connectivity index (χ0n) is 5.38. The fourth-order valence-electron chi connectivity index (χ4n) is 1.23. The molecular weight excluding hydrogens is 135 g/mol. The van der Waals surface area contributed by atoms with Crippen LogP contribution in [-0.2, 0) is 9.09 Å². The first-order valence-corrected chi connectivity index (χ1v) is 4.15. The lowest BCUT2D eigenvalue weighted by Gasteiger charge is -2.17. The van der Waals surface area contributed by atoms with Gasteiger partial charge in [0.25, 0.3) is 0 Å². The maximum atomic E-state index is 9.95. The molecule has 0 aromatic rings. The third kappa shape index (κ3) is 2.42. The van der Waals surface area contributed by atoms with Crippen molar-refractivity contribution in [1.82, 2.24) is 0 Å². The van der Waals surface area contributed by atoms with Crippen LogP contribution in [0.5, 0.6) is 0 Å². The van der Waals surface area contributed by atoms with E-state index in [-0.39, 0.29) is 14.8 Å². The molecule has 0 amide bonds. The van der Waals surface area contributed by atoms with Crippen LogP contribution in [0.3, 0.4) is 0 Å². The van der Waals surface area contributed by atoms with Crippen LogP contribution in [0.15, 0.2) is 0 Å². The Morgan fingerprint density at radius 2 is 1.89 bits per heavy atom. The van der Waals surface area contributed by atoms with E-state index in [1.807, 2.05) is 0 Å². The Bertz CT molecular complexity index is 89.1. The van der Waals surface area contributed by atoms with Crippen molar-refractivity contribution in [3.05, 3.63) is 0 Å². The van der Waals surface area contributed by atoms with Crippen molar-refractivity contribution in [2.45, 2.75) is 38.2 Å². The Balaban J connectivity index is 2.15. The number of rotatable bonds is 2. The molecular formula is C6H11O2P. The van der Waals surface area contributed by atoms with Crippen molar-refractivity contribution in [2.24, 2.45) is 0 Å². The molecule has 0 heterocycles. The average Bonchev–Trinajstić information content (AvgIpc) is 1.91. The molecule has 1 fully saturated rings. The molecule has 1 aliphatic carbocycles. The predicted octanol–water partition coefficient (Wildman–Crippen LogP) is 2.54. The van der Waals surface area contributed by atoms with Crippen LogP contribution >= 0.6 is 8.69 Å². The first-order chi connectivity index (χ1) is 4.43. The Hall–Kier alpha value is 0.0600. The van der Waals surface area contributed by atoms with Crippen molar-refractivity contribution in [3.63, 3.8) is 0 Å². The van der Waals surface area contributed by atoms with E-state index in [2.05, 4.69) is 0 Å². The van der Waals surface area contributed by atoms with Crippen molar-refractivity contribution in [1.29, 1.82) is 0 Å². The van der Waals surface area contributed by atoms with Gasteiger partial charge in [-0.15, -0.1) is 0 Å². The lowest BCUT2D eigenvalue weighted by atomic mass is 9.98. The minimum absolute atomic E-state index is 0.152. The molecule has 1 aliphatic rings. The van der Waals surface area contributed by atoms with Gasteiger partial charge in [0.2, 0.25) is 0 Å². The van der Waals surface area contributed by atoms with Gasteiger partial charge in [0.05, 0.1) is 6.10 Å². The highest BCUT2D eigenvalue weighted by Crippen LogP contribution is 2.22. The Morgan fingerprint density at radius 3 is 2.44 bits per heavy atom. The largest absolute Gasteiger partial charge is 0.327 e. The summed E-state index contributed by atoms with van der Waals surface area (Å²) in [5, 5.41) is 0. The van der Waals surface area contributed by atoms with Crippen molar-refractivity contribution >= 4 is 8.69 Å². The van der Waals surface area contributed by atoms with E-state index in [9.17, 15) is 4.57 Å². The summed E-state index contributed by atoms with van der Waals surface area (Å²) in [5.74, 6) is 0. The molecule has 0 aliphatic heterocycles. The molecule has 9 heavy (non-hydrogen) atoms. The highest BCUT2D eigenvalue weighted by Gasteiger charge is 2.12. The van der Waals surface area contributed by atoms with Gasteiger partial charge in [-0.05, 0) is 12.8 Å². The summed E-state index contributed by atoms with van der Waals surface area (Å²) in [5.41, 5.74) is 0. The quantitative estimate of drug-likeness (QED) is 0.559. The molecule has 3 heteroatoms. The minimum atomic E-state index is -0.152.